The van der Waals surface area contributed by atoms with Crippen LogP contribution < -0.4 is 16.0 Å². The van der Waals surface area contributed by atoms with Crippen molar-refractivity contribution in [3.8, 4) is 5.75 Å². The maximum Gasteiger partial charge on any atom is 0.225 e. The summed E-state index contributed by atoms with van der Waals surface area (Å²) in [5.41, 5.74) is 11.4. The van der Waals surface area contributed by atoms with Crippen molar-refractivity contribution in [2.45, 2.75) is 37.8 Å². The number of halogens is 1. The van der Waals surface area contributed by atoms with E-state index in [0.29, 0.717) is 18.9 Å². The molecule has 8 nitrogen and oxygen atoms in total. The van der Waals surface area contributed by atoms with E-state index in [4.69, 9.17) is 15.3 Å². The molecule has 3 aliphatic rings. The number of hydroxylamine groups is 1. The summed E-state index contributed by atoms with van der Waals surface area (Å²) in [6, 6.07) is 9.92. The number of hydrogen-bond donors (Lipinski definition) is 2. The molecule has 9 heteroatoms. The van der Waals surface area contributed by atoms with Gasteiger partial charge in [-0.15, -0.1) is 0 Å². The number of aromatic nitrogens is 1. The number of carbonyl (C=O) groups excluding carboxylic acids is 1. The van der Waals surface area contributed by atoms with E-state index in [0.717, 1.165) is 66.8 Å². The molecular formula is C26H32BrN5O3. The molecule has 1 spiro atoms. The summed E-state index contributed by atoms with van der Waals surface area (Å²) in [7, 11) is 1.61. The number of nitrogens with one attached hydrogen (secondary N) is 1. The van der Waals surface area contributed by atoms with Crippen LogP contribution in [0.15, 0.2) is 47.1 Å². The fourth-order valence-electron chi connectivity index (χ4n) is 5.38. The molecule has 2 fully saturated rings. The Kier molecular flexibility index (Phi) is 7.00. The fourth-order valence-corrected chi connectivity index (χ4v) is 5.75. The highest BCUT2D eigenvalue weighted by Gasteiger charge is 2.41. The lowest BCUT2D eigenvalue weighted by molar-refractivity contribution is -0.139. The Morgan fingerprint density at radius 2 is 2.00 bits per heavy atom. The Labute approximate surface area is 214 Å². The number of rotatable bonds is 5. The lowest BCUT2D eigenvalue weighted by Crippen LogP contribution is -2.52. The monoisotopic (exact) mass is 541 g/mol. The van der Waals surface area contributed by atoms with Gasteiger partial charge in [-0.05, 0) is 67.9 Å². The van der Waals surface area contributed by atoms with Gasteiger partial charge in [-0.1, -0.05) is 15.9 Å². The van der Waals surface area contributed by atoms with Crippen LogP contribution in [0.5, 0.6) is 5.75 Å². The molecule has 1 aromatic carbocycles. The number of hydrogen-bond acceptors (Lipinski definition) is 7. The molecular weight excluding hydrogens is 510 g/mol. The third-order valence-electron chi connectivity index (χ3n) is 7.27. The van der Waals surface area contributed by atoms with E-state index in [1.807, 2.05) is 35.2 Å². The zero-order valence-electron chi connectivity index (χ0n) is 20.0. The molecule has 0 saturated carbocycles. The predicted molar refractivity (Wildman–Crippen MR) is 138 cm³/mol. The van der Waals surface area contributed by atoms with Gasteiger partial charge in [0.2, 0.25) is 5.91 Å². The van der Waals surface area contributed by atoms with E-state index in [-0.39, 0.29) is 11.8 Å². The second-order valence-electron chi connectivity index (χ2n) is 9.64. The van der Waals surface area contributed by atoms with E-state index in [1.54, 1.807) is 13.3 Å². The minimum absolute atomic E-state index is 0.0921. The molecule has 3 aliphatic heterocycles. The molecule has 2 saturated heterocycles. The first-order valence-electron chi connectivity index (χ1n) is 12.2. The number of nitrogens with two attached hydrogens (primary N) is 1. The van der Waals surface area contributed by atoms with Gasteiger partial charge in [-0.3, -0.25) is 20.0 Å². The number of likely N-dealkylation sites (tertiary alicyclic amines) is 2. The molecule has 0 unspecified atom stereocenters. The Morgan fingerprint density at radius 3 is 2.71 bits per heavy atom. The minimum Gasteiger partial charge on any atom is -0.482 e. The van der Waals surface area contributed by atoms with Gasteiger partial charge in [0.15, 0.2) is 0 Å². The number of pyridine rings is 1. The Hall–Kier alpha value is -2.62. The average Bonchev–Trinajstić information content (AvgIpc) is 2.85. The molecule has 186 valence electrons. The number of ether oxygens (including phenoxy) is 1. The van der Waals surface area contributed by atoms with Crippen molar-refractivity contribution in [1.82, 2.24) is 20.3 Å². The minimum atomic E-state index is -0.436. The number of amides is 1. The topological polar surface area (TPSA) is 93.0 Å². The van der Waals surface area contributed by atoms with Crippen molar-refractivity contribution < 1.29 is 14.4 Å². The molecule has 35 heavy (non-hydrogen) atoms. The van der Waals surface area contributed by atoms with Crippen LogP contribution in [0.25, 0.3) is 5.70 Å². The third kappa shape index (κ3) is 5.32. The first-order valence-corrected chi connectivity index (χ1v) is 13.0. The highest BCUT2D eigenvalue weighted by molar-refractivity contribution is 9.10. The van der Waals surface area contributed by atoms with Crippen molar-refractivity contribution in [3.63, 3.8) is 0 Å². The van der Waals surface area contributed by atoms with E-state index < -0.39 is 5.60 Å². The molecule has 2 aromatic rings. The standard InChI is InChI=1S/C26H32BrN5O3/c1-34-30-22-16-26(35-23-3-2-20(27)15-21(22)23)7-12-32(13-8-26)25(33)19-5-10-31(11-6-19)17-18-4-9-29-24(28)14-18/h2-4,9,14-16,19,30H,5-8,10-13,17H2,1H3,(H2,28,29). The highest BCUT2D eigenvalue weighted by Crippen LogP contribution is 2.41. The van der Waals surface area contributed by atoms with Crippen molar-refractivity contribution in [2.75, 3.05) is 39.0 Å². The molecule has 0 radical (unpaired) electrons. The highest BCUT2D eigenvalue weighted by atomic mass is 79.9. The second-order valence-corrected chi connectivity index (χ2v) is 10.6. The van der Waals surface area contributed by atoms with Crippen molar-refractivity contribution >= 4 is 33.4 Å². The summed E-state index contributed by atoms with van der Waals surface area (Å²) in [4.78, 5) is 27.1. The van der Waals surface area contributed by atoms with Crippen molar-refractivity contribution in [3.05, 3.63) is 58.2 Å². The van der Waals surface area contributed by atoms with E-state index in [9.17, 15) is 4.79 Å². The maximum absolute atomic E-state index is 13.3. The summed E-state index contributed by atoms with van der Waals surface area (Å²) < 4.78 is 7.48. The Morgan fingerprint density at radius 1 is 1.23 bits per heavy atom. The first-order chi connectivity index (χ1) is 16.9. The number of piperidine rings is 2. The normalized spacial score (nSPS) is 20.2. The van der Waals surface area contributed by atoms with Crippen LogP contribution in [0.4, 0.5) is 5.82 Å². The van der Waals surface area contributed by atoms with Gasteiger partial charge in [-0.2, -0.15) is 0 Å². The van der Waals surface area contributed by atoms with Crippen LogP contribution in [0, 0.1) is 5.92 Å². The number of anilines is 1. The number of nitrogens with zero attached hydrogens (tertiary/aromatic N) is 3. The molecule has 0 bridgehead atoms. The summed E-state index contributed by atoms with van der Waals surface area (Å²) in [6.07, 6.45) is 7.17. The first kappa shape index (κ1) is 24.1. The van der Waals surface area contributed by atoms with E-state index >= 15 is 0 Å². The summed E-state index contributed by atoms with van der Waals surface area (Å²) in [5.74, 6) is 1.76. The van der Waals surface area contributed by atoms with Crippen molar-refractivity contribution in [2.24, 2.45) is 5.92 Å². The van der Waals surface area contributed by atoms with Crippen LogP contribution in [0.1, 0.15) is 36.8 Å². The molecule has 3 N–H and O–H groups in total. The SMILES string of the molecule is CONC1=CC2(CCN(C(=O)C3CCN(Cc4ccnc(N)c4)CC3)CC2)Oc2ccc(Br)cc21. The van der Waals surface area contributed by atoms with Gasteiger partial charge in [0, 0.05) is 54.6 Å². The van der Waals surface area contributed by atoms with Gasteiger partial charge >= 0.3 is 0 Å². The predicted octanol–water partition coefficient (Wildman–Crippen LogP) is 3.58. The molecule has 1 amide bonds. The quantitative estimate of drug-likeness (QED) is 0.558. The van der Waals surface area contributed by atoms with Gasteiger partial charge in [0.25, 0.3) is 0 Å². The lowest BCUT2D eigenvalue weighted by atomic mass is 9.86. The summed E-state index contributed by atoms with van der Waals surface area (Å²) >= 11 is 3.53. The molecule has 4 heterocycles. The molecule has 1 aromatic heterocycles. The van der Waals surface area contributed by atoms with E-state index in [2.05, 4.69) is 37.4 Å². The molecule has 5 rings (SSSR count). The van der Waals surface area contributed by atoms with Gasteiger partial charge < -0.3 is 15.4 Å². The third-order valence-corrected chi connectivity index (χ3v) is 7.77. The molecule has 0 aliphatic carbocycles. The Balaban J connectivity index is 1.17. The number of nitrogen functional groups attached to an aromatic ring is 1. The largest absolute Gasteiger partial charge is 0.482 e. The number of benzene rings is 1. The van der Waals surface area contributed by atoms with Gasteiger partial charge in [0.05, 0.1) is 12.8 Å². The summed E-state index contributed by atoms with van der Waals surface area (Å²) in [5, 5.41) is 0. The van der Waals surface area contributed by atoms with Crippen molar-refractivity contribution in [1.29, 1.82) is 0 Å². The Bertz CT molecular complexity index is 1110. The van der Waals surface area contributed by atoms with Crippen LogP contribution in [0.3, 0.4) is 0 Å². The number of fused-ring (bicyclic) bond motifs is 1. The maximum atomic E-state index is 13.3. The van der Waals surface area contributed by atoms with E-state index in [1.165, 1.54) is 5.56 Å². The van der Waals surface area contributed by atoms with Crippen LogP contribution in [-0.2, 0) is 16.2 Å². The summed E-state index contributed by atoms with van der Waals surface area (Å²) in [6.45, 7) is 4.07. The lowest BCUT2D eigenvalue weighted by Gasteiger charge is -2.44. The fraction of sp³-hybridized carbons (Fsp3) is 0.462. The van der Waals surface area contributed by atoms with Gasteiger partial charge in [0.1, 0.15) is 17.2 Å². The zero-order valence-corrected chi connectivity index (χ0v) is 21.6. The zero-order chi connectivity index (χ0) is 24.4. The molecule has 0 atom stereocenters. The van der Waals surface area contributed by atoms with Crippen LogP contribution in [-0.4, -0.2) is 59.6 Å². The smallest absolute Gasteiger partial charge is 0.225 e. The van der Waals surface area contributed by atoms with Gasteiger partial charge in [-0.25, -0.2) is 4.98 Å². The number of carbonyl (C=O) groups is 1. The van der Waals surface area contributed by atoms with Crippen LogP contribution >= 0.6 is 15.9 Å². The average molecular weight is 542 g/mol. The van der Waals surface area contributed by atoms with Crippen LogP contribution in [0.2, 0.25) is 0 Å². The second kappa shape index (κ2) is 10.2.